The Bertz CT molecular complexity index is 700. The molecule has 26 heavy (non-hydrogen) atoms. The van der Waals surface area contributed by atoms with Crippen LogP contribution < -0.4 is 4.74 Å². The molecule has 3 nitrogen and oxygen atoms in total. The maximum atomic E-state index is 11.7. The number of benzene rings is 2. The van der Waals surface area contributed by atoms with E-state index in [9.17, 15) is 5.11 Å². The van der Waals surface area contributed by atoms with Gasteiger partial charge in [0.1, 0.15) is 12.4 Å². The number of nitrogens with zero attached hydrogens (tertiary/aromatic N) is 1. The first-order chi connectivity index (χ1) is 12.5. The summed E-state index contributed by atoms with van der Waals surface area (Å²) >= 11 is 0. The Balaban J connectivity index is 1.82. The summed E-state index contributed by atoms with van der Waals surface area (Å²) in [5.41, 5.74) is 1.34. The minimum Gasteiger partial charge on any atom is -0.489 e. The van der Waals surface area contributed by atoms with E-state index >= 15 is 0 Å². The summed E-state index contributed by atoms with van der Waals surface area (Å²) in [5, 5.41) is 11.7. The van der Waals surface area contributed by atoms with Gasteiger partial charge in [-0.2, -0.15) is 0 Å². The topological polar surface area (TPSA) is 32.7 Å². The van der Waals surface area contributed by atoms with Gasteiger partial charge in [0.25, 0.3) is 0 Å². The van der Waals surface area contributed by atoms with Crippen molar-refractivity contribution in [2.75, 3.05) is 20.6 Å². The molecule has 140 valence electrons. The maximum Gasteiger partial charge on any atom is 0.120 e. The van der Waals surface area contributed by atoms with E-state index in [1.165, 1.54) is 6.42 Å². The summed E-state index contributed by atoms with van der Waals surface area (Å²) in [4.78, 5) is 2.18. The minimum absolute atomic E-state index is 0.241. The summed E-state index contributed by atoms with van der Waals surface area (Å²) in [5.74, 6) is 1.30. The van der Waals surface area contributed by atoms with E-state index in [4.69, 9.17) is 4.74 Å². The van der Waals surface area contributed by atoms with Gasteiger partial charge in [0.05, 0.1) is 5.60 Å². The molecule has 3 heteroatoms. The zero-order chi connectivity index (χ0) is 18.6. The fourth-order valence-corrected chi connectivity index (χ4v) is 4.28. The Morgan fingerprint density at radius 2 is 1.85 bits per heavy atom. The van der Waals surface area contributed by atoms with E-state index in [0.29, 0.717) is 6.61 Å². The Morgan fingerprint density at radius 3 is 2.58 bits per heavy atom. The molecule has 0 radical (unpaired) electrons. The number of ether oxygens (including phenoxy) is 1. The van der Waals surface area contributed by atoms with Crippen molar-refractivity contribution in [2.24, 2.45) is 11.8 Å². The van der Waals surface area contributed by atoms with Crippen LogP contribution in [-0.4, -0.2) is 30.6 Å². The van der Waals surface area contributed by atoms with Gasteiger partial charge in [0.2, 0.25) is 0 Å². The van der Waals surface area contributed by atoms with Crippen LogP contribution in [0.25, 0.3) is 0 Å². The van der Waals surface area contributed by atoms with Crippen molar-refractivity contribution in [3.05, 3.63) is 65.7 Å². The maximum absolute atomic E-state index is 11.7. The van der Waals surface area contributed by atoms with Crippen LogP contribution in [0.4, 0.5) is 0 Å². The molecule has 2 aromatic carbocycles. The fourth-order valence-electron chi connectivity index (χ4n) is 4.28. The second-order valence-corrected chi connectivity index (χ2v) is 7.92. The summed E-state index contributed by atoms with van der Waals surface area (Å²) < 4.78 is 6.00. The van der Waals surface area contributed by atoms with Gasteiger partial charge in [-0.15, -0.1) is 0 Å². The Morgan fingerprint density at radius 1 is 1.08 bits per heavy atom. The first kappa shape index (κ1) is 18.9. The number of aliphatic hydroxyl groups is 1. The van der Waals surface area contributed by atoms with E-state index in [0.717, 1.165) is 36.3 Å². The lowest BCUT2D eigenvalue weighted by Crippen LogP contribution is -2.47. The third-order valence-electron chi connectivity index (χ3n) is 5.69. The van der Waals surface area contributed by atoms with Gasteiger partial charge in [0.15, 0.2) is 0 Å². The van der Waals surface area contributed by atoms with Crippen molar-refractivity contribution >= 4 is 0 Å². The molecule has 2 aromatic rings. The van der Waals surface area contributed by atoms with Crippen LogP contribution in [0.1, 0.15) is 37.3 Å². The third kappa shape index (κ3) is 4.11. The van der Waals surface area contributed by atoms with Crippen LogP contribution in [-0.2, 0) is 12.2 Å². The van der Waals surface area contributed by atoms with Gasteiger partial charge in [-0.25, -0.2) is 0 Å². The third-order valence-corrected chi connectivity index (χ3v) is 5.69. The monoisotopic (exact) mass is 353 g/mol. The highest BCUT2D eigenvalue weighted by Gasteiger charge is 2.45. The van der Waals surface area contributed by atoms with Crippen molar-refractivity contribution in [3.8, 4) is 5.75 Å². The molecular weight excluding hydrogens is 322 g/mol. The van der Waals surface area contributed by atoms with Gasteiger partial charge in [-0.3, -0.25) is 0 Å². The Kier molecular flexibility index (Phi) is 6.00. The van der Waals surface area contributed by atoms with E-state index in [2.05, 4.69) is 44.1 Å². The molecule has 3 rings (SSSR count). The lowest BCUT2D eigenvalue weighted by molar-refractivity contribution is -0.102. The molecule has 0 aliphatic heterocycles. The molecule has 1 aliphatic carbocycles. The second kappa shape index (κ2) is 8.24. The summed E-state index contributed by atoms with van der Waals surface area (Å²) in [7, 11) is 4.16. The van der Waals surface area contributed by atoms with E-state index < -0.39 is 5.60 Å². The zero-order valence-electron chi connectivity index (χ0n) is 16.2. The fraction of sp³-hybridized carbons (Fsp3) is 0.478. The number of rotatable bonds is 6. The molecule has 0 bridgehead atoms. The van der Waals surface area contributed by atoms with Crippen molar-refractivity contribution in [2.45, 2.75) is 38.4 Å². The molecule has 0 heterocycles. The molecule has 0 saturated heterocycles. The standard InChI is InChI=1S/C23H31NO2/c1-18-9-7-13-21(16-24(2)3)23(18,25)20-12-8-14-22(15-20)26-17-19-10-5-4-6-11-19/h4-6,8,10-12,14-15,18,21,25H,7,9,13,16-17H2,1-3H3. The molecule has 1 saturated carbocycles. The van der Waals surface area contributed by atoms with Crippen LogP contribution in [0.2, 0.25) is 0 Å². The summed E-state index contributed by atoms with van der Waals surface area (Å²) in [6.45, 7) is 3.62. The molecule has 0 spiro atoms. The second-order valence-electron chi connectivity index (χ2n) is 7.92. The lowest BCUT2D eigenvalue weighted by atomic mass is 9.65. The molecule has 1 N–H and O–H groups in total. The average molecular weight is 354 g/mol. The molecule has 1 aliphatic rings. The van der Waals surface area contributed by atoms with E-state index in [1.807, 2.05) is 36.4 Å². The van der Waals surface area contributed by atoms with E-state index in [-0.39, 0.29) is 11.8 Å². The van der Waals surface area contributed by atoms with Crippen molar-refractivity contribution in [3.63, 3.8) is 0 Å². The number of hydrogen-bond donors (Lipinski definition) is 1. The molecular formula is C23H31NO2. The van der Waals surface area contributed by atoms with Crippen LogP contribution in [0.3, 0.4) is 0 Å². The summed E-state index contributed by atoms with van der Waals surface area (Å²) in [6, 6.07) is 18.2. The predicted molar refractivity (Wildman–Crippen MR) is 106 cm³/mol. The van der Waals surface area contributed by atoms with Crippen LogP contribution in [0.5, 0.6) is 5.75 Å². The summed E-state index contributed by atoms with van der Waals surface area (Å²) in [6.07, 6.45) is 3.32. The SMILES string of the molecule is CC1CCCC(CN(C)C)C1(O)c1cccc(OCc2ccccc2)c1. The molecule has 3 unspecified atom stereocenters. The van der Waals surface area contributed by atoms with Gasteiger partial charge in [-0.05, 0) is 56.1 Å². The Labute approximate surface area is 157 Å². The smallest absolute Gasteiger partial charge is 0.120 e. The largest absolute Gasteiger partial charge is 0.489 e. The number of hydrogen-bond acceptors (Lipinski definition) is 3. The molecule has 0 amide bonds. The van der Waals surface area contributed by atoms with Crippen molar-refractivity contribution < 1.29 is 9.84 Å². The quantitative estimate of drug-likeness (QED) is 0.833. The normalized spacial score (nSPS) is 26.0. The lowest BCUT2D eigenvalue weighted by Gasteiger charge is -2.46. The highest BCUT2D eigenvalue weighted by Crippen LogP contribution is 2.46. The van der Waals surface area contributed by atoms with Crippen LogP contribution in [0.15, 0.2) is 54.6 Å². The first-order valence-electron chi connectivity index (χ1n) is 9.64. The highest BCUT2D eigenvalue weighted by atomic mass is 16.5. The molecule has 1 fully saturated rings. The van der Waals surface area contributed by atoms with Crippen LogP contribution >= 0.6 is 0 Å². The van der Waals surface area contributed by atoms with E-state index in [1.54, 1.807) is 0 Å². The Hall–Kier alpha value is -1.84. The molecule has 0 aromatic heterocycles. The predicted octanol–water partition coefficient (Wildman–Crippen LogP) is 4.45. The van der Waals surface area contributed by atoms with Gasteiger partial charge < -0.3 is 14.7 Å². The van der Waals surface area contributed by atoms with Gasteiger partial charge in [0, 0.05) is 12.5 Å². The van der Waals surface area contributed by atoms with Gasteiger partial charge in [-0.1, -0.05) is 55.8 Å². The minimum atomic E-state index is -0.797. The van der Waals surface area contributed by atoms with Crippen molar-refractivity contribution in [1.82, 2.24) is 4.90 Å². The van der Waals surface area contributed by atoms with Crippen LogP contribution in [0, 0.1) is 11.8 Å². The van der Waals surface area contributed by atoms with Crippen molar-refractivity contribution in [1.29, 1.82) is 0 Å². The highest BCUT2D eigenvalue weighted by molar-refractivity contribution is 5.34. The first-order valence-corrected chi connectivity index (χ1v) is 9.64. The zero-order valence-corrected chi connectivity index (χ0v) is 16.2. The molecule has 3 atom stereocenters. The average Bonchev–Trinajstić information content (AvgIpc) is 2.64. The van der Waals surface area contributed by atoms with Gasteiger partial charge >= 0.3 is 0 Å².